The van der Waals surface area contributed by atoms with Crippen LogP contribution in [0.5, 0.6) is 0 Å². The summed E-state index contributed by atoms with van der Waals surface area (Å²) in [5.74, 6) is 0.690. The SMILES string of the molecule is CSc1ccc(N2CC(C(=O)N3CCN(c4ccc(Cl)cn4)CC3)CC2=O)cc1. The van der Waals surface area contributed by atoms with Gasteiger partial charge in [0.25, 0.3) is 0 Å². The highest BCUT2D eigenvalue weighted by molar-refractivity contribution is 7.98. The van der Waals surface area contributed by atoms with Crippen molar-refractivity contribution >= 4 is 46.7 Å². The molecule has 29 heavy (non-hydrogen) atoms. The van der Waals surface area contributed by atoms with Gasteiger partial charge >= 0.3 is 0 Å². The Morgan fingerprint density at radius 1 is 1.10 bits per heavy atom. The number of benzene rings is 1. The zero-order valence-electron chi connectivity index (χ0n) is 16.3. The summed E-state index contributed by atoms with van der Waals surface area (Å²) in [5.41, 5.74) is 0.863. The van der Waals surface area contributed by atoms with Crippen LogP contribution >= 0.6 is 23.4 Å². The molecule has 0 N–H and O–H groups in total. The van der Waals surface area contributed by atoms with Crippen LogP contribution in [0.3, 0.4) is 0 Å². The normalized spacial score (nSPS) is 19.7. The maximum absolute atomic E-state index is 13.0. The standard InChI is InChI=1S/C21H23ClN4O2S/c1-29-18-5-3-17(4-6-18)26-14-15(12-20(26)27)21(28)25-10-8-24(9-11-25)19-7-2-16(22)13-23-19/h2-7,13,15H,8-12,14H2,1H3. The van der Waals surface area contributed by atoms with Crippen LogP contribution in [0.2, 0.25) is 5.02 Å². The summed E-state index contributed by atoms with van der Waals surface area (Å²) >= 11 is 7.57. The van der Waals surface area contributed by atoms with Crippen LogP contribution < -0.4 is 9.80 Å². The van der Waals surface area contributed by atoms with Crippen LogP contribution in [0.1, 0.15) is 6.42 Å². The Balaban J connectivity index is 1.35. The Morgan fingerprint density at radius 2 is 1.83 bits per heavy atom. The number of carbonyl (C=O) groups is 2. The Labute approximate surface area is 179 Å². The van der Waals surface area contributed by atoms with E-state index < -0.39 is 0 Å². The second-order valence-corrected chi connectivity index (χ2v) is 8.57. The fourth-order valence-corrected chi connectivity index (χ4v) is 4.37. The molecule has 1 aromatic heterocycles. The largest absolute Gasteiger partial charge is 0.353 e. The molecule has 1 unspecified atom stereocenters. The molecular weight excluding hydrogens is 408 g/mol. The Morgan fingerprint density at radius 3 is 2.45 bits per heavy atom. The minimum Gasteiger partial charge on any atom is -0.353 e. The van der Waals surface area contributed by atoms with Gasteiger partial charge in [-0.05, 0) is 42.7 Å². The predicted molar refractivity (Wildman–Crippen MR) is 117 cm³/mol. The predicted octanol–water partition coefficient (Wildman–Crippen LogP) is 3.16. The van der Waals surface area contributed by atoms with Crippen molar-refractivity contribution in [2.24, 2.45) is 5.92 Å². The summed E-state index contributed by atoms with van der Waals surface area (Å²) in [5, 5.41) is 0.612. The van der Waals surface area contributed by atoms with Gasteiger partial charge in [-0.15, -0.1) is 11.8 Å². The number of pyridine rings is 1. The van der Waals surface area contributed by atoms with Gasteiger partial charge < -0.3 is 14.7 Å². The summed E-state index contributed by atoms with van der Waals surface area (Å²) < 4.78 is 0. The number of anilines is 2. The monoisotopic (exact) mass is 430 g/mol. The molecule has 2 saturated heterocycles. The van der Waals surface area contributed by atoms with E-state index in [-0.39, 0.29) is 24.2 Å². The minimum atomic E-state index is -0.275. The molecule has 2 aliphatic rings. The number of carbonyl (C=O) groups excluding carboxylic acids is 2. The van der Waals surface area contributed by atoms with Crippen LogP contribution in [0.25, 0.3) is 0 Å². The molecule has 2 aliphatic heterocycles. The number of rotatable bonds is 4. The topological polar surface area (TPSA) is 56.8 Å². The maximum atomic E-state index is 13.0. The first-order chi connectivity index (χ1) is 14.0. The highest BCUT2D eigenvalue weighted by Gasteiger charge is 2.38. The summed E-state index contributed by atoms with van der Waals surface area (Å²) in [4.78, 5) is 36.8. The number of hydrogen-bond donors (Lipinski definition) is 0. The van der Waals surface area contributed by atoms with E-state index in [9.17, 15) is 9.59 Å². The van der Waals surface area contributed by atoms with Crippen LogP contribution in [-0.2, 0) is 9.59 Å². The number of aromatic nitrogens is 1. The van der Waals surface area contributed by atoms with Crippen molar-refractivity contribution in [3.8, 4) is 0 Å². The fourth-order valence-electron chi connectivity index (χ4n) is 3.85. The van der Waals surface area contributed by atoms with Crippen LogP contribution in [0.4, 0.5) is 11.5 Å². The van der Waals surface area contributed by atoms with E-state index in [1.807, 2.05) is 47.6 Å². The molecule has 152 valence electrons. The first kappa shape index (κ1) is 20.0. The molecule has 2 fully saturated rings. The number of nitrogens with zero attached hydrogens (tertiary/aromatic N) is 4. The van der Waals surface area contributed by atoms with Crippen LogP contribution in [-0.4, -0.2) is 60.7 Å². The van der Waals surface area contributed by atoms with E-state index in [1.54, 1.807) is 22.9 Å². The van der Waals surface area contributed by atoms with Crippen LogP contribution in [0, 0.1) is 5.92 Å². The molecule has 1 atom stereocenters. The molecule has 0 saturated carbocycles. The second-order valence-electron chi connectivity index (χ2n) is 7.25. The van der Waals surface area contributed by atoms with Crippen molar-refractivity contribution in [3.63, 3.8) is 0 Å². The molecule has 2 amide bonds. The average molecular weight is 431 g/mol. The van der Waals surface area contributed by atoms with Crippen molar-refractivity contribution in [3.05, 3.63) is 47.6 Å². The highest BCUT2D eigenvalue weighted by Crippen LogP contribution is 2.28. The van der Waals surface area contributed by atoms with Crippen molar-refractivity contribution < 1.29 is 9.59 Å². The van der Waals surface area contributed by atoms with E-state index in [4.69, 9.17) is 11.6 Å². The molecule has 1 aromatic carbocycles. The van der Waals surface area contributed by atoms with Crippen molar-refractivity contribution in [1.29, 1.82) is 0 Å². The molecule has 4 rings (SSSR count). The van der Waals surface area contributed by atoms with Gasteiger partial charge in [-0.3, -0.25) is 9.59 Å². The molecular formula is C21H23ClN4O2S. The first-order valence-corrected chi connectivity index (χ1v) is 11.2. The summed E-state index contributed by atoms with van der Waals surface area (Å²) in [6, 6.07) is 11.6. The van der Waals surface area contributed by atoms with E-state index in [0.717, 1.165) is 29.5 Å². The first-order valence-electron chi connectivity index (χ1n) is 9.65. The zero-order valence-corrected chi connectivity index (χ0v) is 17.8. The lowest BCUT2D eigenvalue weighted by atomic mass is 10.1. The van der Waals surface area contributed by atoms with Gasteiger partial charge in [-0.2, -0.15) is 0 Å². The maximum Gasteiger partial charge on any atom is 0.228 e. The van der Waals surface area contributed by atoms with Gasteiger partial charge in [0.2, 0.25) is 11.8 Å². The molecule has 0 spiro atoms. The molecule has 8 heteroatoms. The van der Waals surface area contributed by atoms with E-state index in [2.05, 4.69) is 9.88 Å². The Kier molecular flexibility index (Phi) is 5.96. The number of piperazine rings is 1. The third-order valence-corrected chi connectivity index (χ3v) is 6.45. The number of thioether (sulfide) groups is 1. The van der Waals surface area contributed by atoms with Crippen molar-refractivity contribution in [2.45, 2.75) is 11.3 Å². The average Bonchev–Trinajstić information content (AvgIpc) is 3.15. The lowest BCUT2D eigenvalue weighted by Gasteiger charge is -2.36. The number of amides is 2. The van der Waals surface area contributed by atoms with Crippen LogP contribution in [0.15, 0.2) is 47.5 Å². The van der Waals surface area contributed by atoms with Gasteiger partial charge in [-0.25, -0.2) is 4.98 Å². The number of hydrogen-bond acceptors (Lipinski definition) is 5. The molecule has 2 aromatic rings. The minimum absolute atomic E-state index is 0.0178. The molecule has 0 radical (unpaired) electrons. The van der Waals surface area contributed by atoms with Gasteiger partial charge in [0.1, 0.15) is 5.82 Å². The molecule has 0 aliphatic carbocycles. The highest BCUT2D eigenvalue weighted by atomic mass is 35.5. The fraction of sp³-hybridized carbons (Fsp3) is 0.381. The van der Waals surface area contributed by atoms with Gasteiger partial charge in [-0.1, -0.05) is 11.6 Å². The lowest BCUT2D eigenvalue weighted by Crippen LogP contribution is -2.51. The Hall–Kier alpha value is -2.25. The smallest absolute Gasteiger partial charge is 0.228 e. The van der Waals surface area contributed by atoms with E-state index >= 15 is 0 Å². The van der Waals surface area contributed by atoms with Gasteiger partial charge in [0.05, 0.1) is 10.9 Å². The quantitative estimate of drug-likeness (QED) is 0.697. The third-order valence-electron chi connectivity index (χ3n) is 5.49. The lowest BCUT2D eigenvalue weighted by molar-refractivity contribution is -0.136. The summed E-state index contributed by atoms with van der Waals surface area (Å²) in [6.07, 6.45) is 3.94. The van der Waals surface area contributed by atoms with Gasteiger partial charge in [0.15, 0.2) is 0 Å². The molecule has 6 nitrogen and oxygen atoms in total. The molecule has 0 bridgehead atoms. The zero-order chi connectivity index (χ0) is 20.4. The Bertz CT molecular complexity index is 883. The summed E-state index contributed by atoms with van der Waals surface area (Å²) in [7, 11) is 0. The van der Waals surface area contributed by atoms with Gasteiger partial charge in [0, 0.05) is 55.9 Å². The number of halogens is 1. The van der Waals surface area contributed by atoms with Crippen molar-refractivity contribution in [2.75, 3.05) is 48.8 Å². The van der Waals surface area contributed by atoms with E-state index in [1.165, 1.54) is 0 Å². The third kappa shape index (κ3) is 4.36. The second kappa shape index (κ2) is 8.63. The van der Waals surface area contributed by atoms with Crippen molar-refractivity contribution in [1.82, 2.24) is 9.88 Å². The summed E-state index contributed by atoms with van der Waals surface area (Å²) in [6.45, 7) is 3.17. The molecule has 3 heterocycles. The van der Waals surface area contributed by atoms with E-state index in [0.29, 0.717) is 24.7 Å².